The van der Waals surface area contributed by atoms with Gasteiger partial charge in [0.2, 0.25) is 0 Å². The molecule has 26 heavy (non-hydrogen) atoms. The molecule has 1 unspecified atom stereocenters. The van der Waals surface area contributed by atoms with Gasteiger partial charge in [0.25, 0.3) is 5.91 Å². The van der Waals surface area contributed by atoms with E-state index < -0.39 is 0 Å². The summed E-state index contributed by atoms with van der Waals surface area (Å²) in [6.45, 7) is 4.45. The summed E-state index contributed by atoms with van der Waals surface area (Å²) in [5, 5.41) is 2.09. The Hall–Kier alpha value is -1.44. The number of nitrogens with zero attached hydrogens (tertiary/aromatic N) is 2. The van der Waals surface area contributed by atoms with Crippen LogP contribution in [0, 0.1) is 0 Å². The van der Waals surface area contributed by atoms with Gasteiger partial charge < -0.3 is 15.4 Å². The van der Waals surface area contributed by atoms with E-state index in [2.05, 4.69) is 22.4 Å². The van der Waals surface area contributed by atoms with Crippen molar-refractivity contribution in [2.75, 3.05) is 39.9 Å². The highest BCUT2D eigenvalue weighted by atomic mass is 35.5. The summed E-state index contributed by atoms with van der Waals surface area (Å²) < 4.78 is 5.48. The highest BCUT2D eigenvalue weighted by molar-refractivity contribution is 7.10. The highest BCUT2D eigenvalue weighted by Gasteiger charge is 2.26. The van der Waals surface area contributed by atoms with Crippen molar-refractivity contribution >= 4 is 29.7 Å². The third-order valence-corrected chi connectivity index (χ3v) is 5.56. The minimum Gasteiger partial charge on any atom is -0.379 e. The van der Waals surface area contributed by atoms with E-state index in [1.807, 2.05) is 36.2 Å². The van der Waals surface area contributed by atoms with Crippen molar-refractivity contribution in [3.05, 3.63) is 57.8 Å². The SMILES string of the molecule is CN(CC(c1cccs1)N1CCOCC1)C(=O)c1ccc(CN)cc1.Cl. The number of thiophene rings is 1. The lowest BCUT2D eigenvalue weighted by Gasteiger charge is -2.36. The highest BCUT2D eigenvalue weighted by Crippen LogP contribution is 2.27. The number of likely N-dealkylation sites (N-methyl/N-ethyl adjacent to an activating group) is 1. The molecule has 2 aromatic rings. The average molecular weight is 396 g/mol. The first-order chi connectivity index (χ1) is 12.2. The fraction of sp³-hybridized carbons (Fsp3) is 0.421. The van der Waals surface area contributed by atoms with Gasteiger partial charge >= 0.3 is 0 Å². The van der Waals surface area contributed by atoms with Crippen LogP contribution in [0.1, 0.15) is 26.8 Å². The molecule has 1 aromatic heterocycles. The number of benzene rings is 1. The second-order valence-corrected chi connectivity index (χ2v) is 7.25. The lowest BCUT2D eigenvalue weighted by molar-refractivity contribution is 0.0104. The summed E-state index contributed by atoms with van der Waals surface area (Å²) in [5.41, 5.74) is 7.36. The molecule has 1 aliphatic heterocycles. The van der Waals surface area contributed by atoms with Crippen LogP contribution in [0.5, 0.6) is 0 Å². The van der Waals surface area contributed by atoms with Gasteiger partial charge in [-0.25, -0.2) is 0 Å². The van der Waals surface area contributed by atoms with Crippen molar-refractivity contribution in [1.29, 1.82) is 0 Å². The van der Waals surface area contributed by atoms with Gasteiger partial charge in [-0.15, -0.1) is 23.7 Å². The number of amides is 1. The van der Waals surface area contributed by atoms with Crippen molar-refractivity contribution in [2.24, 2.45) is 5.73 Å². The summed E-state index contributed by atoms with van der Waals surface area (Å²) in [4.78, 5) is 18.3. The Bertz CT molecular complexity index is 673. The van der Waals surface area contributed by atoms with Crippen LogP contribution in [0.15, 0.2) is 41.8 Å². The monoisotopic (exact) mass is 395 g/mol. The molecule has 1 amide bonds. The maximum absolute atomic E-state index is 12.8. The molecule has 5 nitrogen and oxygen atoms in total. The number of halogens is 1. The van der Waals surface area contributed by atoms with E-state index in [0.717, 1.165) is 31.9 Å². The second kappa shape index (κ2) is 10.0. The molecule has 0 radical (unpaired) electrons. The average Bonchev–Trinajstić information content (AvgIpc) is 3.20. The quantitative estimate of drug-likeness (QED) is 0.817. The van der Waals surface area contributed by atoms with Crippen LogP contribution in [0.2, 0.25) is 0 Å². The van der Waals surface area contributed by atoms with E-state index in [1.54, 1.807) is 11.3 Å². The molecule has 7 heteroatoms. The van der Waals surface area contributed by atoms with Crippen molar-refractivity contribution in [1.82, 2.24) is 9.80 Å². The van der Waals surface area contributed by atoms with Gasteiger partial charge in [0, 0.05) is 43.7 Å². The smallest absolute Gasteiger partial charge is 0.253 e. The van der Waals surface area contributed by atoms with Gasteiger partial charge in [-0.3, -0.25) is 9.69 Å². The Morgan fingerprint density at radius 1 is 1.27 bits per heavy atom. The van der Waals surface area contributed by atoms with E-state index in [9.17, 15) is 4.79 Å². The minimum absolute atomic E-state index is 0. The largest absolute Gasteiger partial charge is 0.379 e. The Balaban J connectivity index is 0.00000243. The van der Waals surface area contributed by atoms with Gasteiger partial charge in [-0.1, -0.05) is 18.2 Å². The maximum atomic E-state index is 12.8. The number of hydrogen-bond donors (Lipinski definition) is 1. The number of carbonyl (C=O) groups excluding carboxylic acids is 1. The molecule has 142 valence electrons. The van der Waals surface area contributed by atoms with Crippen LogP contribution in [-0.2, 0) is 11.3 Å². The summed E-state index contributed by atoms with van der Waals surface area (Å²) in [7, 11) is 1.88. The lowest BCUT2D eigenvalue weighted by Crippen LogP contribution is -2.44. The molecule has 0 aliphatic carbocycles. The topological polar surface area (TPSA) is 58.8 Å². The molecule has 0 spiro atoms. The summed E-state index contributed by atoms with van der Waals surface area (Å²) >= 11 is 1.74. The molecule has 1 aliphatic rings. The first-order valence-corrected chi connectivity index (χ1v) is 9.46. The van der Waals surface area contributed by atoms with Crippen molar-refractivity contribution < 1.29 is 9.53 Å². The summed E-state index contributed by atoms with van der Waals surface area (Å²) in [6, 6.07) is 12.0. The molecular weight excluding hydrogens is 370 g/mol. The number of nitrogens with two attached hydrogens (primary N) is 1. The third-order valence-electron chi connectivity index (χ3n) is 4.59. The van der Waals surface area contributed by atoms with Crippen LogP contribution in [0.25, 0.3) is 0 Å². The third kappa shape index (κ3) is 5.05. The van der Waals surface area contributed by atoms with Gasteiger partial charge in [0.1, 0.15) is 0 Å². The van der Waals surface area contributed by atoms with Crippen LogP contribution >= 0.6 is 23.7 Å². The summed E-state index contributed by atoms with van der Waals surface area (Å²) in [6.07, 6.45) is 0. The van der Waals surface area contributed by atoms with Crippen LogP contribution < -0.4 is 5.73 Å². The van der Waals surface area contributed by atoms with Crippen molar-refractivity contribution in [3.8, 4) is 0 Å². The van der Waals surface area contributed by atoms with Gasteiger partial charge in [0.15, 0.2) is 0 Å². The summed E-state index contributed by atoms with van der Waals surface area (Å²) in [5.74, 6) is 0.0402. The molecule has 0 bridgehead atoms. The number of ether oxygens (including phenoxy) is 1. The fourth-order valence-electron chi connectivity index (χ4n) is 3.10. The van der Waals surface area contributed by atoms with E-state index in [-0.39, 0.29) is 24.4 Å². The van der Waals surface area contributed by atoms with Crippen molar-refractivity contribution in [2.45, 2.75) is 12.6 Å². The van der Waals surface area contributed by atoms with Crippen LogP contribution in [0.3, 0.4) is 0 Å². The molecular formula is C19H26ClN3O2S. The molecule has 2 N–H and O–H groups in total. The molecule has 1 saturated heterocycles. The van der Waals surface area contributed by atoms with Gasteiger partial charge in [-0.05, 0) is 29.1 Å². The van der Waals surface area contributed by atoms with E-state index in [4.69, 9.17) is 10.5 Å². The zero-order chi connectivity index (χ0) is 17.6. The fourth-order valence-corrected chi connectivity index (χ4v) is 3.95. The molecule has 1 aromatic carbocycles. The van der Waals surface area contributed by atoms with E-state index in [1.165, 1.54) is 4.88 Å². The molecule has 2 heterocycles. The van der Waals surface area contributed by atoms with E-state index in [0.29, 0.717) is 18.7 Å². The molecule has 3 rings (SSSR count). The zero-order valence-electron chi connectivity index (χ0n) is 15.0. The maximum Gasteiger partial charge on any atom is 0.253 e. The number of carbonyl (C=O) groups is 1. The van der Waals surface area contributed by atoms with Gasteiger partial charge in [0.05, 0.1) is 19.3 Å². The van der Waals surface area contributed by atoms with Crippen LogP contribution in [-0.4, -0.2) is 55.6 Å². The van der Waals surface area contributed by atoms with Crippen LogP contribution in [0.4, 0.5) is 0 Å². The Morgan fingerprint density at radius 2 is 1.96 bits per heavy atom. The number of hydrogen-bond acceptors (Lipinski definition) is 5. The van der Waals surface area contributed by atoms with Gasteiger partial charge in [-0.2, -0.15) is 0 Å². The first kappa shape index (κ1) is 20.9. The zero-order valence-corrected chi connectivity index (χ0v) is 16.6. The minimum atomic E-state index is 0. The Labute approximate surface area is 165 Å². The second-order valence-electron chi connectivity index (χ2n) is 6.27. The molecule has 1 atom stereocenters. The van der Waals surface area contributed by atoms with E-state index >= 15 is 0 Å². The predicted octanol–water partition coefficient (Wildman–Crippen LogP) is 2.77. The predicted molar refractivity (Wildman–Crippen MR) is 108 cm³/mol. The Morgan fingerprint density at radius 3 is 2.54 bits per heavy atom. The normalized spacial score (nSPS) is 15.9. The number of rotatable bonds is 6. The Kier molecular flexibility index (Phi) is 8.06. The molecule has 0 saturated carbocycles. The standard InChI is InChI=1S/C19H25N3O2S.ClH/c1-21(19(23)16-6-4-15(13-20)5-7-16)14-17(18-3-2-12-25-18)22-8-10-24-11-9-22;/h2-7,12,17H,8-11,13-14,20H2,1H3;1H. The number of morpholine rings is 1. The first-order valence-electron chi connectivity index (χ1n) is 8.58. The lowest BCUT2D eigenvalue weighted by atomic mass is 10.1. The van der Waals surface area contributed by atoms with Crippen molar-refractivity contribution in [3.63, 3.8) is 0 Å². The molecule has 1 fully saturated rings.